The lowest BCUT2D eigenvalue weighted by Crippen LogP contribution is -2.44. The molecule has 0 radical (unpaired) electrons. The van der Waals surface area contributed by atoms with Crippen molar-refractivity contribution in [3.63, 3.8) is 0 Å². The van der Waals surface area contributed by atoms with Crippen molar-refractivity contribution in [3.05, 3.63) is 0 Å². The minimum atomic E-state index is 0.390. The quantitative estimate of drug-likeness (QED) is 0.710. The van der Waals surface area contributed by atoms with Crippen LogP contribution in [-0.2, 0) is 0 Å². The van der Waals surface area contributed by atoms with E-state index in [1.165, 1.54) is 25.7 Å². The molecule has 1 heteroatoms. The Morgan fingerprint density at radius 3 is 2.21 bits per heavy atom. The summed E-state index contributed by atoms with van der Waals surface area (Å²) in [5, 5.41) is 3.82. The summed E-state index contributed by atoms with van der Waals surface area (Å²) in [6.07, 6.45) is 5.57. The van der Waals surface area contributed by atoms with Gasteiger partial charge in [0.1, 0.15) is 0 Å². The maximum Gasteiger partial charge on any atom is 0.00979 e. The molecule has 1 saturated carbocycles. The summed E-state index contributed by atoms with van der Waals surface area (Å²) in [5.74, 6) is 0.986. The van der Waals surface area contributed by atoms with Crippen LogP contribution in [0.4, 0.5) is 0 Å². The van der Waals surface area contributed by atoms with Gasteiger partial charge in [0.15, 0.2) is 0 Å². The maximum absolute atomic E-state index is 3.82. The molecule has 2 unspecified atom stereocenters. The van der Waals surface area contributed by atoms with Gasteiger partial charge in [0.2, 0.25) is 0 Å². The van der Waals surface area contributed by atoms with E-state index in [9.17, 15) is 0 Å². The summed E-state index contributed by atoms with van der Waals surface area (Å²) in [5.41, 5.74) is 0.390. The summed E-state index contributed by atoms with van der Waals surface area (Å²) < 4.78 is 0. The lowest BCUT2D eigenvalue weighted by molar-refractivity contribution is 0.246. The van der Waals surface area contributed by atoms with Gasteiger partial charge in [-0.2, -0.15) is 0 Å². The van der Waals surface area contributed by atoms with E-state index in [4.69, 9.17) is 0 Å². The van der Waals surface area contributed by atoms with Crippen LogP contribution in [0, 0.1) is 11.3 Å². The third-order valence-corrected chi connectivity index (χ3v) is 3.55. The fourth-order valence-corrected chi connectivity index (χ4v) is 1.84. The predicted octanol–water partition coefficient (Wildman–Crippen LogP) is 3.59. The minimum absolute atomic E-state index is 0.390. The van der Waals surface area contributed by atoms with E-state index in [1.54, 1.807) is 0 Å². The number of nitrogens with one attached hydrogen (secondary N) is 1. The molecule has 0 aromatic carbocycles. The van der Waals surface area contributed by atoms with Gasteiger partial charge < -0.3 is 5.32 Å². The van der Waals surface area contributed by atoms with Crippen LogP contribution >= 0.6 is 0 Å². The Morgan fingerprint density at radius 2 is 1.86 bits per heavy atom. The second-order valence-electron chi connectivity index (χ2n) is 5.99. The number of rotatable bonds is 5. The molecule has 0 spiro atoms. The average Bonchev–Trinajstić information content (AvgIpc) is 2.83. The topological polar surface area (TPSA) is 12.0 Å². The molecular formula is C13H27N. The molecule has 1 nitrogen and oxygen atoms in total. The Balaban J connectivity index is 2.38. The van der Waals surface area contributed by atoms with Crippen molar-refractivity contribution in [1.29, 1.82) is 0 Å². The summed E-state index contributed by atoms with van der Waals surface area (Å²) in [6.45, 7) is 11.6. The molecule has 0 aromatic heterocycles. The summed E-state index contributed by atoms with van der Waals surface area (Å²) in [4.78, 5) is 0. The maximum atomic E-state index is 3.82. The zero-order chi connectivity index (χ0) is 10.8. The second-order valence-corrected chi connectivity index (χ2v) is 5.99. The molecule has 1 aliphatic rings. The molecule has 0 heterocycles. The molecule has 1 aliphatic carbocycles. The van der Waals surface area contributed by atoms with Gasteiger partial charge >= 0.3 is 0 Å². The normalized spacial score (nSPS) is 22.1. The van der Waals surface area contributed by atoms with E-state index in [0.717, 1.165) is 12.0 Å². The summed E-state index contributed by atoms with van der Waals surface area (Å²) in [7, 11) is 0. The largest absolute Gasteiger partial charge is 0.311 e. The highest BCUT2D eigenvalue weighted by molar-refractivity contribution is 4.89. The molecule has 84 valence electrons. The third-order valence-electron chi connectivity index (χ3n) is 3.55. The fourth-order valence-electron chi connectivity index (χ4n) is 1.84. The van der Waals surface area contributed by atoms with E-state index < -0.39 is 0 Å². The highest BCUT2D eigenvalue weighted by Gasteiger charge is 2.33. The lowest BCUT2D eigenvalue weighted by Gasteiger charge is -2.32. The first-order valence-electron chi connectivity index (χ1n) is 6.21. The average molecular weight is 197 g/mol. The first-order valence-corrected chi connectivity index (χ1v) is 6.21. The lowest BCUT2D eigenvalue weighted by atomic mass is 9.87. The molecule has 0 aliphatic heterocycles. The fraction of sp³-hybridized carbons (Fsp3) is 1.00. The van der Waals surface area contributed by atoms with Crippen LogP contribution in [0.5, 0.6) is 0 Å². The molecule has 0 bridgehead atoms. The van der Waals surface area contributed by atoms with E-state index in [-0.39, 0.29) is 0 Å². The minimum Gasteiger partial charge on any atom is -0.311 e. The van der Waals surface area contributed by atoms with Gasteiger partial charge in [-0.3, -0.25) is 0 Å². The number of hydrogen-bond acceptors (Lipinski definition) is 1. The first-order chi connectivity index (χ1) is 6.45. The van der Waals surface area contributed by atoms with Crippen molar-refractivity contribution < 1.29 is 0 Å². The molecule has 2 atom stereocenters. The highest BCUT2D eigenvalue weighted by Crippen LogP contribution is 2.35. The van der Waals surface area contributed by atoms with Crippen molar-refractivity contribution >= 4 is 0 Å². The first kappa shape index (κ1) is 12.0. The Hall–Kier alpha value is -0.0400. The molecule has 0 saturated heterocycles. The Labute approximate surface area is 89.7 Å². The van der Waals surface area contributed by atoms with Gasteiger partial charge in [-0.15, -0.1) is 0 Å². The molecule has 1 rings (SSSR count). The molecule has 1 fully saturated rings. The summed E-state index contributed by atoms with van der Waals surface area (Å²) >= 11 is 0. The van der Waals surface area contributed by atoms with Gasteiger partial charge in [0.25, 0.3) is 0 Å². The van der Waals surface area contributed by atoms with Crippen LogP contribution in [0.15, 0.2) is 0 Å². The van der Waals surface area contributed by atoms with Crippen molar-refractivity contribution in [1.82, 2.24) is 5.32 Å². The predicted molar refractivity (Wildman–Crippen MR) is 63.5 cm³/mol. The zero-order valence-corrected chi connectivity index (χ0v) is 10.6. The van der Waals surface area contributed by atoms with Crippen LogP contribution in [-0.4, -0.2) is 12.1 Å². The van der Waals surface area contributed by atoms with Gasteiger partial charge in [-0.05, 0) is 37.5 Å². The number of hydrogen-bond donors (Lipinski definition) is 1. The van der Waals surface area contributed by atoms with Gasteiger partial charge in [0, 0.05) is 12.1 Å². The van der Waals surface area contributed by atoms with Crippen LogP contribution in [0.25, 0.3) is 0 Å². The SMILES string of the molecule is CCCC(NC(C)C(C)(C)C)C1CC1. The third kappa shape index (κ3) is 3.61. The summed E-state index contributed by atoms with van der Waals surface area (Å²) in [6, 6.07) is 1.41. The second kappa shape index (κ2) is 4.65. The van der Waals surface area contributed by atoms with Crippen molar-refractivity contribution in [3.8, 4) is 0 Å². The standard InChI is InChI=1S/C13H27N/c1-6-7-12(11-8-9-11)14-10(2)13(3,4)5/h10-12,14H,6-9H2,1-5H3. The molecular weight excluding hydrogens is 170 g/mol. The zero-order valence-electron chi connectivity index (χ0n) is 10.6. The van der Waals surface area contributed by atoms with Crippen LogP contribution in [0.1, 0.15) is 60.3 Å². The molecule has 0 aromatic rings. The molecule has 0 amide bonds. The van der Waals surface area contributed by atoms with Crippen molar-refractivity contribution in [2.75, 3.05) is 0 Å². The van der Waals surface area contributed by atoms with E-state index >= 15 is 0 Å². The molecule has 14 heavy (non-hydrogen) atoms. The van der Waals surface area contributed by atoms with Crippen LogP contribution < -0.4 is 5.32 Å². The van der Waals surface area contributed by atoms with E-state index in [0.29, 0.717) is 11.5 Å². The Morgan fingerprint density at radius 1 is 1.29 bits per heavy atom. The monoisotopic (exact) mass is 197 g/mol. The van der Waals surface area contributed by atoms with Crippen LogP contribution in [0.2, 0.25) is 0 Å². The van der Waals surface area contributed by atoms with Crippen LogP contribution in [0.3, 0.4) is 0 Å². The Kier molecular flexibility index (Phi) is 4.00. The highest BCUT2D eigenvalue weighted by atomic mass is 15.0. The van der Waals surface area contributed by atoms with E-state index in [1.807, 2.05) is 0 Å². The van der Waals surface area contributed by atoms with E-state index in [2.05, 4.69) is 39.9 Å². The Bertz CT molecular complexity index is 165. The van der Waals surface area contributed by atoms with Gasteiger partial charge in [-0.1, -0.05) is 34.1 Å². The van der Waals surface area contributed by atoms with Gasteiger partial charge in [0.05, 0.1) is 0 Å². The van der Waals surface area contributed by atoms with Crippen molar-refractivity contribution in [2.24, 2.45) is 11.3 Å². The van der Waals surface area contributed by atoms with Gasteiger partial charge in [-0.25, -0.2) is 0 Å². The van der Waals surface area contributed by atoms with Crippen molar-refractivity contribution in [2.45, 2.75) is 72.4 Å². The smallest absolute Gasteiger partial charge is 0.00979 e. The molecule has 1 N–H and O–H groups in total.